The molecule has 2 aromatic rings. The fourth-order valence-corrected chi connectivity index (χ4v) is 2.13. The van der Waals surface area contributed by atoms with E-state index in [9.17, 15) is 10.1 Å². The third kappa shape index (κ3) is 3.11. The number of benzene rings is 2. The van der Waals surface area contributed by atoms with Crippen molar-refractivity contribution in [1.29, 1.82) is 5.41 Å². The van der Waals surface area contributed by atoms with E-state index in [0.717, 1.165) is 0 Å². The highest BCUT2D eigenvalue weighted by molar-refractivity contribution is 6.34. The lowest BCUT2D eigenvalue weighted by atomic mass is 10.2. The summed E-state index contributed by atoms with van der Waals surface area (Å²) in [6.45, 7) is 1.64. The molecule has 108 valence electrons. The summed E-state index contributed by atoms with van der Waals surface area (Å²) in [4.78, 5) is 10.6. The Kier molecular flexibility index (Phi) is 4.09. The Labute approximate surface area is 125 Å². The number of ether oxygens (including phenoxy) is 1. The quantitative estimate of drug-likeness (QED) is 0.389. The predicted octanol–water partition coefficient (Wildman–Crippen LogP) is 3.63. The second-order valence-electron chi connectivity index (χ2n) is 4.34. The van der Waals surface area contributed by atoms with Gasteiger partial charge in [0.25, 0.3) is 0 Å². The minimum atomic E-state index is -0.490. The van der Waals surface area contributed by atoms with Crippen molar-refractivity contribution < 1.29 is 9.66 Å². The van der Waals surface area contributed by atoms with E-state index in [0.29, 0.717) is 16.9 Å². The van der Waals surface area contributed by atoms with Crippen LogP contribution in [0.4, 0.5) is 5.69 Å². The van der Waals surface area contributed by atoms with Gasteiger partial charge in [0.15, 0.2) is 0 Å². The van der Waals surface area contributed by atoms with Crippen LogP contribution in [0.2, 0.25) is 5.02 Å². The summed E-state index contributed by atoms with van der Waals surface area (Å²) < 4.78 is 5.53. The van der Waals surface area contributed by atoms with Crippen LogP contribution in [-0.2, 0) is 0 Å². The van der Waals surface area contributed by atoms with E-state index in [2.05, 4.69) is 0 Å². The standard InChI is InChI=1S/C14H12ClN3O3/c1-8-3-2-4-12(13(8)18(19)20)21-9-5-6-10(14(16)17)11(15)7-9/h2-7H,1H3,(H3,16,17). The molecule has 0 radical (unpaired) electrons. The SMILES string of the molecule is Cc1cccc(Oc2ccc(C(=N)N)c(Cl)c2)c1[N+](=O)[O-]. The maximum Gasteiger partial charge on any atom is 0.314 e. The molecule has 0 amide bonds. The fourth-order valence-electron chi connectivity index (χ4n) is 1.85. The Hall–Kier alpha value is -2.60. The number of nitrogen functional groups attached to an aromatic ring is 1. The lowest BCUT2D eigenvalue weighted by Gasteiger charge is -2.09. The highest BCUT2D eigenvalue weighted by Gasteiger charge is 2.19. The molecule has 0 bridgehead atoms. The molecule has 0 aromatic heterocycles. The van der Waals surface area contributed by atoms with Gasteiger partial charge < -0.3 is 10.5 Å². The van der Waals surface area contributed by atoms with Crippen LogP contribution in [-0.4, -0.2) is 10.8 Å². The summed E-state index contributed by atoms with van der Waals surface area (Å²) in [6, 6.07) is 9.36. The van der Waals surface area contributed by atoms with Gasteiger partial charge in [-0.05, 0) is 25.1 Å². The minimum absolute atomic E-state index is 0.0933. The van der Waals surface area contributed by atoms with Crippen molar-refractivity contribution in [1.82, 2.24) is 0 Å². The van der Waals surface area contributed by atoms with Gasteiger partial charge in [-0.2, -0.15) is 0 Å². The summed E-state index contributed by atoms with van der Waals surface area (Å²) in [6.07, 6.45) is 0. The van der Waals surface area contributed by atoms with Crippen molar-refractivity contribution in [2.75, 3.05) is 0 Å². The van der Waals surface area contributed by atoms with Crippen LogP contribution in [0.1, 0.15) is 11.1 Å². The number of nitrogens with one attached hydrogen (secondary N) is 1. The molecule has 0 saturated heterocycles. The number of halogens is 1. The first kappa shape index (κ1) is 14.8. The Bertz CT molecular complexity index is 731. The topological polar surface area (TPSA) is 102 Å². The van der Waals surface area contributed by atoms with Crippen LogP contribution in [0.5, 0.6) is 11.5 Å². The van der Waals surface area contributed by atoms with Gasteiger partial charge in [-0.25, -0.2) is 0 Å². The molecular weight excluding hydrogens is 294 g/mol. The molecule has 0 fully saturated rings. The van der Waals surface area contributed by atoms with Gasteiger partial charge in [0.2, 0.25) is 5.75 Å². The Morgan fingerprint density at radius 1 is 1.38 bits per heavy atom. The summed E-state index contributed by atoms with van der Waals surface area (Å²) >= 11 is 5.99. The Balaban J connectivity index is 2.39. The fraction of sp³-hybridized carbons (Fsp3) is 0.0714. The van der Waals surface area contributed by atoms with E-state index in [-0.39, 0.29) is 22.3 Å². The molecule has 6 nitrogen and oxygen atoms in total. The van der Waals surface area contributed by atoms with Crippen LogP contribution in [0, 0.1) is 22.4 Å². The lowest BCUT2D eigenvalue weighted by molar-refractivity contribution is -0.386. The van der Waals surface area contributed by atoms with Crippen molar-refractivity contribution in [3.63, 3.8) is 0 Å². The summed E-state index contributed by atoms with van der Waals surface area (Å²) in [5.41, 5.74) is 6.16. The van der Waals surface area contributed by atoms with Crippen LogP contribution < -0.4 is 10.5 Å². The summed E-state index contributed by atoms with van der Waals surface area (Å²) in [7, 11) is 0. The van der Waals surface area contributed by atoms with Crippen molar-refractivity contribution in [3.8, 4) is 11.5 Å². The third-order valence-corrected chi connectivity index (χ3v) is 3.15. The first-order chi connectivity index (χ1) is 9.90. The van der Waals surface area contributed by atoms with Gasteiger partial charge in [0.05, 0.1) is 9.95 Å². The van der Waals surface area contributed by atoms with Gasteiger partial charge >= 0.3 is 5.69 Å². The highest BCUT2D eigenvalue weighted by Crippen LogP contribution is 2.35. The number of hydrogen-bond donors (Lipinski definition) is 2. The average molecular weight is 306 g/mol. The maximum atomic E-state index is 11.1. The number of amidine groups is 1. The normalized spacial score (nSPS) is 10.2. The molecule has 7 heteroatoms. The first-order valence-electron chi connectivity index (χ1n) is 5.96. The van der Waals surface area contributed by atoms with Gasteiger partial charge in [0, 0.05) is 17.2 Å². The smallest absolute Gasteiger partial charge is 0.314 e. The van der Waals surface area contributed by atoms with Gasteiger partial charge in [-0.3, -0.25) is 15.5 Å². The number of para-hydroxylation sites is 1. The molecule has 3 N–H and O–H groups in total. The Morgan fingerprint density at radius 3 is 2.67 bits per heavy atom. The van der Waals surface area contributed by atoms with Gasteiger partial charge in [-0.1, -0.05) is 23.7 Å². The zero-order valence-electron chi connectivity index (χ0n) is 11.1. The van der Waals surface area contributed by atoms with E-state index in [1.54, 1.807) is 25.1 Å². The molecule has 0 aliphatic carbocycles. The number of nitrogens with zero attached hydrogens (tertiary/aromatic N) is 1. The van der Waals surface area contributed by atoms with Crippen molar-refractivity contribution >= 4 is 23.1 Å². The minimum Gasteiger partial charge on any atom is -0.450 e. The summed E-state index contributed by atoms with van der Waals surface area (Å²) in [5, 5.41) is 18.7. The second-order valence-corrected chi connectivity index (χ2v) is 4.74. The Morgan fingerprint density at radius 2 is 2.10 bits per heavy atom. The molecule has 0 spiro atoms. The van der Waals surface area contributed by atoms with E-state index >= 15 is 0 Å². The lowest BCUT2D eigenvalue weighted by Crippen LogP contribution is -2.11. The van der Waals surface area contributed by atoms with Gasteiger partial charge in [0.1, 0.15) is 11.6 Å². The molecule has 0 unspecified atom stereocenters. The first-order valence-corrected chi connectivity index (χ1v) is 6.33. The molecule has 0 heterocycles. The number of hydrogen-bond acceptors (Lipinski definition) is 4. The third-order valence-electron chi connectivity index (χ3n) is 2.84. The second kappa shape index (κ2) is 5.80. The molecule has 0 saturated carbocycles. The van der Waals surface area contributed by atoms with E-state index in [4.69, 9.17) is 27.5 Å². The number of aryl methyl sites for hydroxylation is 1. The van der Waals surface area contributed by atoms with E-state index in [1.165, 1.54) is 18.2 Å². The zero-order valence-corrected chi connectivity index (χ0v) is 11.8. The van der Waals surface area contributed by atoms with Crippen molar-refractivity contribution in [2.45, 2.75) is 6.92 Å². The molecule has 0 atom stereocenters. The highest BCUT2D eigenvalue weighted by atomic mass is 35.5. The monoisotopic (exact) mass is 305 g/mol. The largest absolute Gasteiger partial charge is 0.450 e. The number of nitrogens with two attached hydrogens (primary N) is 1. The predicted molar refractivity (Wildman–Crippen MR) is 80.4 cm³/mol. The molecule has 21 heavy (non-hydrogen) atoms. The van der Waals surface area contributed by atoms with Crippen LogP contribution in [0.25, 0.3) is 0 Å². The van der Waals surface area contributed by atoms with Crippen molar-refractivity contribution in [3.05, 3.63) is 62.7 Å². The van der Waals surface area contributed by atoms with Crippen molar-refractivity contribution in [2.24, 2.45) is 5.73 Å². The van der Waals surface area contributed by atoms with Crippen LogP contribution >= 0.6 is 11.6 Å². The molecule has 2 rings (SSSR count). The van der Waals surface area contributed by atoms with Crippen LogP contribution in [0.3, 0.4) is 0 Å². The van der Waals surface area contributed by atoms with E-state index < -0.39 is 4.92 Å². The molecule has 0 aliphatic rings. The number of nitro groups is 1. The number of rotatable bonds is 4. The summed E-state index contributed by atoms with van der Waals surface area (Å²) in [5.74, 6) is 0.304. The molecular formula is C14H12ClN3O3. The zero-order chi connectivity index (χ0) is 15.6. The van der Waals surface area contributed by atoms with Crippen LogP contribution in [0.15, 0.2) is 36.4 Å². The maximum absolute atomic E-state index is 11.1. The van der Waals surface area contributed by atoms with Gasteiger partial charge in [-0.15, -0.1) is 0 Å². The van der Waals surface area contributed by atoms with E-state index in [1.807, 2.05) is 0 Å². The number of nitro benzene ring substituents is 1. The molecule has 2 aromatic carbocycles. The average Bonchev–Trinajstić information content (AvgIpc) is 2.37. The molecule has 0 aliphatic heterocycles.